The van der Waals surface area contributed by atoms with Crippen LogP contribution in [0.1, 0.15) is 74.5 Å². The Balaban J connectivity index is 3.99. The predicted octanol–water partition coefficient (Wildman–Crippen LogP) is 6.12. The van der Waals surface area contributed by atoms with Crippen molar-refractivity contribution in [2.45, 2.75) is 73.1 Å². The van der Waals surface area contributed by atoms with Crippen molar-refractivity contribution in [2.24, 2.45) is 0 Å². The van der Waals surface area contributed by atoms with Crippen LogP contribution in [0, 0.1) is 0 Å². The molecule has 0 bridgehead atoms. The second-order valence-electron chi connectivity index (χ2n) is 6.16. The molecule has 0 aromatic heterocycles. The largest absolute Gasteiger partial charge is 0.392 e. The molecule has 0 aliphatic carbocycles. The predicted molar refractivity (Wildman–Crippen MR) is 95.5 cm³/mol. The van der Waals surface area contributed by atoms with Gasteiger partial charge < -0.3 is 5.11 Å². The third kappa shape index (κ3) is 13.7. The molecule has 21 heavy (non-hydrogen) atoms. The minimum atomic E-state index is -1.08. The molecule has 0 heterocycles. The first-order valence-corrected chi connectivity index (χ1v) is 8.03. The van der Waals surface area contributed by atoms with Gasteiger partial charge in [0.2, 0.25) is 0 Å². The van der Waals surface area contributed by atoms with E-state index >= 15 is 0 Å². The highest BCUT2D eigenvalue weighted by Crippen LogP contribution is 2.13. The highest BCUT2D eigenvalue weighted by Gasteiger charge is 1.93. The van der Waals surface area contributed by atoms with Crippen molar-refractivity contribution in [1.29, 1.82) is 0 Å². The van der Waals surface area contributed by atoms with E-state index in [2.05, 4.69) is 45.9 Å². The van der Waals surface area contributed by atoms with Gasteiger partial charge in [-0.25, -0.2) is 0 Å². The number of rotatable bonds is 10. The lowest BCUT2D eigenvalue weighted by Gasteiger charge is -2.02. The first-order valence-electron chi connectivity index (χ1n) is 8.61. The molecule has 1 nitrogen and oxygen atoms in total. The van der Waals surface area contributed by atoms with E-state index in [-0.39, 0.29) is 0 Å². The molecule has 0 spiro atoms. The Morgan fingerprint density at radius 3 is 1.48 bits per heavy atom. The molecule has 0 aromatic rings. The lowest BCUT2D eigenvalue weighted by molar-refractivity contribution is 0.341. The molecule has 0 fully saturated rings. The molecular formula is C20H34O. The van der Waals surface area contributed by atoms with Crippen LogP contribution in [0.4, 0.5) is 0 Å². The Labute approximate surface area is 133 Å². The van der Waals surface area contributed by atoms with Crippen LogP contribution < -0.4 is 0 Å². The zero-order chi connectivity index (χ0) is 17.0. The van der Waals surface area contributed by atoms with E-state index in [9.17, 15) is 0 Å². The van der Waals surface area contributed by atoms with E-state index in [4.69, 9.17) is 6.48 Å². The molecule has 1 atom stereocenters. The first-order chi connectivity index (χ1) is 10.3. The molecule has 0 aliphatic heterocycles. The molecule has 1 N–H and O–H groups in total. The number of aliphatic hydroxyl groups excluding tert-OH is 1. The van der Waals surface area contributed by atoms with Crippen molar-refractivity contribution in [3.8, 4) is 0 Å². The van der Waals surface area contributed by atoms with Crippen molar-refractivity contribution < 1.29 is 6.48 Å². The van der Waals surface area contributed by atoms with Gasteiger partial charge in [-0.05, 0) is 73.1 Å². The maximum absolute atomic E-state index is 8.96. The van der Waals surface area contributed by atoms with E-state index in [1.54, 1.807) is 6.08 Å². The van der Waals surface area contributed by atoms with Gasteiger partial charge in [0.25, 0.3) is 0 Å². The molecule has 0 saturated heterocycles. The van der Waals surface area contributed by atoms with E-state index in [0.29, 0.717) is 0 Å². The Kier molecular flexibility index (Phi) is 10.8. The number of aliphatic hydroxyl groups is 1. The standard InChI is InChI=1S/C20H34O/c1-17(2)9-6-10-18(3)11-7-12-19(4)13-8-14-20(5)15-16-21/h9,11,13,15,21H,6-8,10,12,14,16H2,1-5H3/b18-11+,19-13+,20-15+/i16D. The Morgan fingerprint density at radius 2 is 1.10 bits per heavy atom. The van der Waals surface area contributed by atoms with Gasteiger partial charge in [-0.3, -0.25) is 0 Å². The summed E-state index contributed by atoms with van der Waals surface area (Å²) >= 11 is 0. The molecular weight excluding hydrogens is 256 g/mol. The minimum absolute atomic E-state index is 0.921. The third-order valence-corrected chi connectivity index (χ3v) is 3.51. The summed E-state index contributed by atoms with van der Waals surface area (Å²) in [7, 11) is 0. The summed E-state index contributed by atoms with van der Waals surface area (Å²) in [4.78, 5) is 0. The van der Waals surface area contributed by atoms with Crippen LogP contribution in [-0.4, -0.2) is 11.7 Å². The summed E-state index contributed by atoms with van der Waals surface area (Å²) in [6.45, 7) is 9.59. The van der Waals surface area contributed by atoms with Crippen LogP contribution in [0.25, 0.3) is 0 Å². The summed E-state index contributed by atoms with van der Waals surface area (Å²) in [6.07, 6.45) is 15.0. The monoisotopic (exact) mass is 291 g/mol. The van der Waals surface area contributed by atoms with Gasteiger partial charge in [0, 0.05) is 0 Å². The van der Waals surface area contributed by atoms with Crippen LogP contribution in [0.5, 0.6) is 0 Å². The molecule has 0 radical (unpaired) electrons. The average Bonchev–Trinajstić information content (AvgIpc) is 2.37. The van der Waals surface area contributed by atoms with E-state index in [1.165, 1.54) is 16.7 Å². The van der Waals surface area contributed by atoms with Crippen LogP contribution in [0.3, 0.4) is 0 Å². The van der Waals surface area contributed by atoms with Crippen molar-refractivity contribution >= 4 is 0 Å². The fraction of sp³-hybridized carbons (Fsp3) is 0.600. The summed E-state index contributed by atoms with van der Waals surface area (Å²) in [5, 5.41) is 8.96. The molecule has 0 aromatic carbocycles. The molecule has 1 heteroatoms. The summed E-state index contributed by atoms with van der Waals surface area (Å²) in [6, 6.07) is 0. The summed E-state index contributed by atoms with van der Waals surface area (Å²) in [5.74, 6) is 0. The maximum Gasteiger partial charge on any atom is 0.0614 e. The van der Waals surface area contributed by atoms with Crippen LogP contribution in [0.15, 0.2) is 46.6 Å². The minimum Gasteiger partial charge on any atom is -0.392 e. The molecule has 1 unspecified atom stereocenters. The molecule has 0 aliphatic rings. The Bertz CT molecular complexity index is 421. The first kappa shape index (κ1) is 18.0. The number of hydrogen-bond acceptors (Lipinski definition) is 1. The fourth-order valence-corrected chi connectivity index (χ4v) is 2.10. The topological polar surface area (TPSA) is 20.2 Å². The Morgan fingerprint density at radius 1 is 0.714 bits per heavy atom. The van der Waals surface area contributed by atoms with Gasteiger partial charge in [0.15, 0.2) is 0 Å². The highest BCUT2D eigenvalue weighted by molar-refractivity contribution is 5.07. The zero-order valence-electron chi connectivity index (χ0n) is 15.6. The van der Waals surface area contributed by atoms with E-state index < -0.39 is 6.58 Å². The van der Waals surface area contributed by atoms with Gasteiger partial charge in [-0.15, -0.1) is 0 Å². The smallest absolute Gasteiger partial charge is 0.0614 e. The highest BCUT2D eigenvalue weighted by atomic mass is 16.2. The Hall–Kier alpha value is -1.08. The van der Waals surface area contributed by atoms with Gasteiger partial charge in [0.05, 0.1) is 7.95 Å². The number of allylic oxidation sites excluding steroid dienone is 7. The lowest BCUT2D eigenvalue weighted by atomic mass is 10.0. The summed E-state index contributed by atoms with van der Waals surface area (Å²) in [5.41, 5.74) is 5.39. The molecule has 0 amide bonds. The van der Waals surface area contributed by atoms with Crippen molar-refractivity contribution in [3.05, 3.63) is 46.6 Å². The van der Waals surface area contributed by atoms with Gasteiger partial charge in [-0.1, -0.05) is 46.6 Å². The second kappa shape index (κ2) is 12.6. The zero-order valence-corrected chi connectivity index (χ0v) is 14.6. The molecule has 0 saturated carbocycles. The van der Waals surface area contributed by atoms with Gasteiger partial charge >= 0.3 is 0 Å². The normalized spacial score (nSPS) is 15.7. The molecule has 120 valence electrons. The van der Waals surface area contributed by atoms with Crippen molar-refractivity contribution in [1.82, 2.24) is 0 Å². The third-order valence-electron chi connectivity index (χ3n) is 3.51. The fourth-order valence-electron chi connectivity index (χ4n) is 2.10. The maximum atomic E-state index is 8.96. The number of hydrogen-bond donors (Lipinski definition) is 1. The van der Waals surface area contributed by atoms with Crippen LogP contribution >= 0.6 is 0 Å². The van der Waals surface area contributed by atoms with Gasteiger partial charge in [0.1, 0.15) is 0 Å². The van der Waals surface area contributed by atoms with Crippen molar-refractivity contribution in [2.75, 3.05) is 6.58 Å². The van der Waals surface area contributed by atoms with E-state index in [0.717, 1.165) is 44.1 Å². The quantitative estimate of drug-likeness (QED) is 0.480. The lowest BCUT2D eigenvalue weighted by Crippen LogP contribution is -1.83. The average molecular weight is 291 g/mol. The second-order valence-corrected chi connectivity index (χ2v) is 6.16. The van der Waals surface area contributed by atoms with Crippen LogP contribution in [-0.2, 0) is 0 Å². The van der Waals surface area contributed by atoms with Gasteiger partial charge in [-0.2, -0.15) is 0 Å². The van der Waals surface area contributed by atoms with Crippen molar-refractivity contribution in [3.63, 3.8) is 0 Å². The SMILES string of the molecule is [2H]C(O)/C=C(\C)CC/C=C(\C)CC/C=C(\C)CCC=C(C)C. The summed E-state index contributed by atoms with van der Waals surface area (Å²) < 4.78 is 7.08. The van der Waals surface area contributed by atoms with E-state index in [1.807, 2.05) is 6.92 Å². The molecule has 0 rings (SSSR count). The van der Waals surface area contributed by atoms with Crippen LogP contribution in [0.2, 0.25) is 0 Å².